The third kappa shape index (κ3) is 6.93. The number of aliphatic carboxylic acids is 1. The Labute approximate surface area is 196 Å². The predicted octanol–water partition coefficient (Wildman–Crippen LogP) is 2.68. The van der Waals surface area contributed by atoms with E-state index in [-0.39, 0.29) is 24.0 Å². The maximum absolute atomic E-state index is 12.4. The van der Waals surface area contributed by atoms with Crippen LogP contribution < -0.4 is 0 Å². The smallest absolute Gasteiger partial charge is 0.377 e. The monoisotopic (exact) mass is 467 g/mol. The van der Waals surface area contributed by atoms with Crippen LogP contribution in [0.4, 0.5) is 0 Å². The molecule has 0 radical (unpaired) electrons. The van der Waals surface area contributed by atoms with Crippen LogP contribution in [0.1, 0.15) is 54.3 Å². The zero-order valence-electron chi connectivity index (χ0n) is 19.0. The number of hydrogen-bond donors (Lipinski definition) is 1. The van der Waals surface area contributed by atoms with E-state index in [0.717, 1.165) is 4.90 Å². The molecule has 1 saturated heterocycles. The number of ketones is 2. The number of rotatable bonds is 5. The van der Waals surface area contributed by atoms with Crippen molar-refractivity contribution in [2.75, 3.05) is 0 Å². The second-order valence-electron chi connectivity index (χ2n) is 8.35. The molecular formula is C25H25NO8. The van der Waals surface area contributed by atoms with Crippen LogP contribution in [-0.4, -0.2) is 57.0 Å². The average molecular weight is 467 g/mol. The summed E-state index contributed by atoms with van der Waals surface area (Å²) < 4.78 is 5.24. The molecule has 1 aliphatic rings. The second-order valence-corrected chi connectivity index (χ2v) is 8.35. The van der Waals surface area contributed by atoms with Crippen molar-refractivity contribution in [3.63, 3.8) is 0 Å². The summed E-state index contributed by atoms with van der Waals surface area (Å²) in [4.78, 5) is 70.4. The van der Waals surface area contributed by atoms with Crippen molar-refractivity contribution in [1.82, 2.24) is 4.90 Å². The van der Waals surface area contributed by atoms with Crippen molar-refractivity contribution in [2.24, 2.45) is 0 Å². The summed E-state index contributed by atoms with van der Waals surface area (Å²) in [6.45, 7) is 5.09. The fraction of sp³-hybridized carbons (Fsp3) is 0.280. The fourth-order valence-electron chi connectivity index (χ4n) is 3.07. The Kier molecular flexibility index (Phi) is 8.55. The van der Waals surface area contributed by atoms with Crippen LogP contribution in [0.3, 0.4) is 0 Å². The number of carbonyl (C=O) groups excluding carboxylic acids is 5. The Morgan fingerprint density at radius 1 is 0.853 bits per heavy atom. The van der Waals surface area contributed by atoms with E-state index in [9.17, 15) is 28.8 Å². The van der Waals surface area contributed by atoms with Gasteiger partial charge in [0.05, 0.1) is 0 Å². The third-order valence-electron chi connectivity index (χ3n) is 4.57. The first-order chi connectivity index (χ1) is 15.9. The minimum atomic E-state index is -1.42. The molecule has 1 atom stereocenters. The Morgan fingerprint density at radius 3 is 1.76 bits per heavy atom. The van der Waals surface area contributed by atoms with E-state index in [4.69, 9.17) is 9.84 Å². The largest absolute Gasteiger partial charge is 0.475 e. The molecule has 0 aliphatic carbocycles. The second kappa shape index (κ2) is 11.1. The van der Waals surface area contributed by atoms with Gasteiger partial charge in [-0.15, -0.1) is 0 Å². The number of carboxylic acids is 1. The zero-order valence-corrected chi connectivity index (χ0v) is 19.0. The highest BCUT2D eigenvalue weighted by Crippen LogP contribution is 2.23. The fourth-order valence-corrected chi connectivity index (χ4v) is 3.07. The maximum atomic E-state index is 12.4. The summed E-state index contributed by atoms with van der Waals surface area (Å²) in [7, 11) is 0. The molecule has 1 aliphatic heterocycles. The lowest BCUT2D eigenvalue weighted by molar-refractivity contribution is -0.164. The number of carbonyl (C=O) groups is 6. The summed E-state index contributed by atoms with van der Waals surface area (Å²) in [5.74, 6) is -5.29. The number of amides is 2. The highest BCUT2D eigenvalue weighted by molar-refractivity contribution is 6.45. The van der Waals surface area contributed by atoms with Crippen molar-refractivity contribution < 1.29 is 38.6 Å². The van der Waals surface area contributed by atoms with Gasteiger partial charge in [0.15, 0.2) is 0 Å². The summed E-state index contributed by atoms with van der Waals surface area (Å²) in [5.41, 5.74) is -0.346. The van der Waals surface area contributed by atoms with Crippen molar-refractivity contribution >= 4 is 35.3 Å². The number of benzene rings is 2. The normalized spacial score (nSPS) is 15.1. The van der Waals surface area contributed by atoms with Crippen molar-refractivity contribution in [3.8, 4) is 0 Å². The number of esters is 1. The molecule has 0 spiro atoms. The molecule has 9 nitrogen and oxygen atoms in total. The van der Waals surface area contributed by atoms with Crippen LogP contribution in [0.15, 0.2) is 60.7 Å². The summed E-state index contributed by atoms with van der Waals surface area (Å²) in [6.07, 6.45) is 0.208. The van der Waals surface area contributed by atoms with Gasteiger partial charge in [0, 0.05) is 17.5 Å². The standard InChI is InChI=1S/C17H19NO5.C8H6O3/c1-17(2,3)23-16(22)12-9-10-13(19)18(12)15(21)14(20)11-7-5-4-6-8-11;9-7(8(10)11)6-4-2-1-3-5-6/h4-8,12H,9-10H2,1-3H3;1-5H,(H,10,11). The van der Waals surface area contributed by atoms with Crippen LogP contribution >= 0.6 is 0 Å². The highest BCUT2D eigenvalue weighted by Gasteiger charge is 2.44. The molecule has 9 heteroatoms. The summed E-state index contributed by atoms with van der Waals surface area (Å²) in [6, 6.07) is 14.8. The Morgan fingerprint density at radius 2 is 1.32 bits per heavy atom. The van der Waals surface area contributed by atoms with Gasteiger partial charge < -0.3 is 9.84 Å². The summed E-state index contributed by atoms with van der Waals surface area (Å²) >= 11 is 0. The molecule has 178 valence electrons. The van der Waals surface area contributed by atoms with Gasteiger partial charge in [0.25, 0.3) is 11.6 Å². The lowest BCUT2D eigenvalue weighted by Gasteiger charge is -2.26. The van der Waals surface area contributed by atoms with E-state index in [2.05, 4.69) is 0 Å². The van der Waals surface area contributed by atoms with Crippen LogP contribution in [0.5, 0.6) is 0 Å². The number of imide groups is 1. The summed E-state index contributed by atoms with van der Waals surface area (Å²) in [5, 5.41) is 8.29. The highest BCUT2D eigenvalue weighted by atomic mass is 16.6. The molecule has 3 rings (SSSR count). The van der Waals surface area contributed by atoms with E-state index in [1.807, 2.05) is 0 Å². The average Bonchev–Trinajstić information content (AvgIpc) is 3.19. The van der Waals surface area contributed by atoms with Gasteiger partial charge in [-0.25, -0.2) is 9.59 Å². The van der Waals surface area contributed by atoms with Gasteiger partial charge in [0.2, 0.25) is 5.91 Å². The number of ether oxygens (including phenoxy) is 1. The first-order valence-corrected chi connectivity index (χ1v) is 10.4. The predicted molar refractivity (Wildman–Crippen MR) is 120 cm³/mol. The van der Waals surface area contributed by atoms with Gasteiger partial charge in [-0.1, -0.05) is 60.7 Å². The van der Waals surface area contributed by atoms with Crippen LogP contribution in [0.25, 0.3) is 0 Å². The molecule has 1 fully saturated rings. The van der Waals surface area contributed by atoms with Crippen LogP contribution in [-0.2, 0) is 23.9 Å². The molecule has 0 bridgehead atoms. The van der Waals surface area contributed by atoms with Gasteiger partial charge in [-0.3, -0.25) is 24.1 Å². The number of carboxylic acid groups (broad SMARTS) is 1. The third-order valence-corrected chi connectivity index (χ3v) is 4.57. The van der Waals surface area contributed by atoms with E-state index in [0.29, 0.717) is 0 Å². The molecule has 1 heterocycles. The quantitative estimate of drug-likeness (QED) is 0.403. The molecule has 2 amide bonds. The van der Waals surface area contributed by atoms with E-state index in [1.165, 1.54) is 24.3 Å². The van der Waals surface area contributed by atoms with Crippen LogP contribution in [0.2, 0.25) is 0 Å². The molecular weight excluding hydrogens is 442 g/mol. The van der Waals surface area contributed by atoms with E-state index in [1.54, 1.807) is 57.2 Å². The minimum absolute atomic E-state index is 0.0394. The van der Waals surface area contributed by atoms with E-state index < -0.39 is 47.0 Å². The van der Waals surface area contributed by atoms with Gasteiger partial charge in [0.1, 0.15) is 11.6 Å². The Balaban J connectivity index is 0.000000310. The Bertz CT molecular complexity index is 1090. The number of likely N-dealkylation sites (tertiary alicyclic amines) is 1. The number of Topliss-reactive ketones (excluding diaryl/α,β-unsaturated/α-hetero) is 2. The van der Waals surface area contributed by atoms with Crippen molar-refractivity contribution in [1.29, 1.82) is 0 Å². The van der Waals surface area contributed by atoms with Crippen molar-refractivity contribution in [2.45, 2.75) is 45.3 Å². The topological polar surface area (TPSA) is 135 Å². The van der Waals surface area contributed by atoms with Gasteiger partial charge in [-0.2, -0.15) is 0 Å². The van der Waals surface area contributed by atoms with Gasteiger partial charge in [-0.05, 0) is 27.2 Å². The van der Waals surface area contributed by atoms with Gasteiger partial charge >= 0.3 is 17.8 Å². The lowest BCUT2D eigenvalue weighted by Crippen LogP contribution is -2.48. The Hall–Kier alpha value is -4.14. The lowest BCUT2D eigenvalue weighted by atomic mass is 10.1. The number of hydrogen-bond acceptors (Lipinski definition) is 7. The molecule has 0 saturated carbocycles. The molecule has 2 aromatic carbocycles. The number of nitrogens with zero attached hydrogens (tertiary/aromatic N) is 1. The van der Waals surface area contributed by atoms with E-state index >= 15 is 0 Å². The molecule has 34 heavy (non-hydrogen) atoms. The van der Waals surface area contributed by atoms with Crippen molar-refractivity contribution in [3.05, 3.63) is 71.8 Å². The minimum Gasteiger partial charge on any atom is -0.475 e. The maximum Gasteiger partial charge on any atom is 0.377 e. The zero-order chi connectivity index (χ0) is 25.5. The molecule has 1 unspecified atom stereocenters. The first-order valence-electron chi connectivity index (χ1n) is 10.4. The SMILES string of the molecule is CC(C)(C)OC(=O)C1CCC(=O)N1C(=O)C(=O)c1ccccc1.O=C(O)C(=O)c1ccccc1. The van der Waals surface area contributed by atoms with Crippen LogP contribution in [0, 0.1) is 0 Å². The molecule has 0 aromatic heterocycles. The molecule has 2 aromatic rings. The molecule has 1 N–H and O–H groups in total. The first kappa shape index (κ1) is 26.1.